The van der Waals surface area contributed by atoms with E-state index < -0.39 is 0 Å². The van der Waals surface area contributed by atoms with Gasteiger partial charge in [0.25, 0.3) is 0 Å². The predicted octanol–water partition coefficient (Wildman–Crippen LogP) is 5.50. The van der Waals surface area contributed by atoms with Crippen molar-refractivity contribution in [3.63, 3.8) is 0 Å². The summed E-state index contributed by atoms with van der Waals surface area (Å²) in [5, 5.41) is 13.9. The van der Waals surface area contributed by atoms with E-state index in [1.54, 1.807) is 12.1 Å². The number of hydrogen-bond donors (Lipinski definition) is 2. The van der Waals surface area contributed by atoms with Crippen LogP contribution in [0.25, 0.3) is 0 Å². The lowest BCUT2D eigenvalue weighted by atomic mass is 10.1. The first kappa shape index (κ1) is 16.5. The van der Waals surface area contributed by atoms with Gasteiger partial charge in [0, 0.05) is 32.1 Å². The molecule has 6 heteroatoms. The summed E-state index contributed by atoms with van der Waals surface area (Å²) in [5.41, 5.74) is 2.73. The standard InChI is InChI=1S/C15H14Br2ClNO2/c1-8-3-11(16)14(12(17)4-8)19-7-9-5-10(18)6-13(21-2)15(9)20/h3-6,19-20H,7H2,1-2H3. The fourth-order valence-electron chi connectivity index (χ4n) is 1.97. The summed E-state index contributed by atoms with van der Waals surface area (Å²) in [6.45, 7) is 2.44. The predicted molar refractivity (Wildman–Crippen MR) is 93.6 cm³/mol. The number of methoxy groups -OCH3 is 1. The number of aromatic hydroxyl groups is 1. The fraction of sp³-hybridized carbons (Fsp3) is 0.200. The van der Waals surface area contributed by atoms with Crippen molar-refractivity contribution in [3.8, 4) is 11.5 Å². The SMILES string of the molecule is COc1cc(Cl)cc(CNc2c(Br)cc(C)cc2Br)c1O. The van der Waals surface area contributed by atoms with E-state index in [-0.39, 0.29) is 5.75 Å². The van der Waals surface area contributed by atoms with Gasteiger partial charge in [-0.2, -0.15) is 0 Å². The number of anilines is 1. The summed E-state index contributed by atoms with van der Waals surface area (Å²) in [6.07, 6.45) is 0. The van der Waals surface area contributed by atoms with Crippen molar-refractivity contribution in [1.29, 1.82) is 0 Å². The van der Waals surface area contributed by atoms with E-state index in [0.717, 1.165) is 20.2 Å². The molecule has 0 bridgehead atoms. The lowest BCUT2D eigenvalue weighted by molar-refractivity contribution is 0.371. The third kappa shape index (κ3) is 3.84. The largest absolute Gasteiger partial charge is 0.504 e. The van der Waals surface area contributed by atoms with E-state index in [0.29, 0.717) is 22.9 Å². The van der Waals surface area contributed by atoms with E-state index in [2.05, 4.69) is 37.2 Å². The Morgan fingerprint density at radius 2 is 1.81 bits per heavy atom. The number of aryl methyl sites for hydroxylation is 1. The topological polar surface area (TPSA) is 41.5 Å². The van der Waals surface area contributed by atoms with Crippen molar-refractivity contribution in [2.45, 2.75) is 13.5 Å². The second kappa shape index (κ2) is 6.90. The summed E-state index contributed by atoms with van der Waals surface area (Å²) in [6, 6.07) is 7.33. The van der Waals surface area contributed by atoms with Crippen LogP contribution in [-0.2, 0) is 6.54 Å². The first-order chi connectivity index (χ1) is 9.92. The molecule has 0 aliphatic heterocycles. The Labute approximate surface area is 145 Å². The smallest absolute Gasteiger partial charge is 0.162 e. The van der Waals surface area contributed by atoms with Crippen LogP contribution in [0, 0.1) is 6.92 Å². The summed E-state index contributed by atoms with van der Waals surface area (Å²) in [5.74, 6) is 0.454. The quantitative estimate of drug-likeness (QED) is 0.666. The number of phenols is 1. The Balaban J connectivity index is 2.27. The minimum Gasteiger partial charge on any atom is -0.504 e. The van der Waals surface area contributed by atoms with E-state index in [1.165, 1.54) is 7.11 Å². The number of phenolic OH excluding ortho intramolecular Hbond substituents is 1. The molecule has 0 heterocycles. The van der Waals surface area contributed by atoms with E-state index in [9.17, 15) is 5.11 Å². The number of benzene rings is 2. The van der Waals surface area contributed by atoms with Crippen LogP contribution in [0.15, 0.2) is 33.2 Å². The Hall–Kier alpha value is -0.910. The molecule has 0 atom stereocenters. The Bertz CT molecular complexity index is 654. The lowest BCUT2D eigenvalue weighted by Crippen LogP contribution is -2.02. The minimum absolute atomic E-state index is 0.0914. The number of nitrogens with one attached hydrogen (secondary N) is 1. The van der Waals surface area contributed by atoms with Crippen LogP contribution in [0.1, 0.15) is 11.1 Å². The molecular weight excluding hydrogens is 421 g/mol. The monoisotopic (exact) mass is 433 g/mol. The van der Waals surface area contributed by atoms with Crippen LogP contribution in [0.4, 0.5) is 5.69 Å². The van der Waals surface area contributed by atoms with Crippen LogP contribution < -0.4 is 10.1 Å². The maximum Gasteiger partial charge on any atom is 0.162 e. The highest BCUT2D eigenvalue weighted by Gasteiger charge is 2.12. The van der Waals surface area contributed by atoms with Crippen LogP contribution in [0.3, 0.4) is 0 Å². The van der Waals surface area contributed by atoms with Crippen LogP contribution in [-0.4, -0.2) is 12.2 Å². The first-order valence-corrected chi connectivity index (χ1v) is 8.13. The molecule has 0 unspecified atom stereocenters. The molecule has 0 spiro atoms. The number of rotatable bonds is 4. The second-order valence-electron chi connectivity index (χ2n) is 4.57. The molecule has 0 aromatic heterocycles. The molecule has 112 valence electrons. The number of ether oxygens (including phenoxy) is 1. The highest BCUT2D eigenvalue weighted by Crippen LogP contribution is 2.36. The average molecular weight is 436 g/mol. The lowest BCUT2D eigenvalue weighted by Gasteiger charge is -2.14. The summed E-state index contributed by atoms with van der Waals surface area (Å²) < 4.78 is 7.00. The van der Waals surface area contributed by atoms with Gasteiger partial charge in [0.2, 0.25) is 0 Å². The van der Waals surface area contributed by atoms with Crippen molar-refractivity contribution < 1.29 is 9.84 Å². The van der Waals surface area contributed by atoms with Gasteiger partial charge in [-0.25, -0.2) is 0 Å². The Morgan fingerprint density at radius 3 is 2.38 bits per heavy atom. The van der Waals surface area contributed by atoms with Gasteiger partial charge in [0.15, 0.2) is 11.5 Å². The number of hydrogen-bond acceptors (Lipinski definition) is 3. The summed E-state index contributed by atoms with van der Waals surface area (Å²) in [4.78, 5) is 0. The molecule has 2 N–H and O–H groups in total. The molecular formula is C15H14Br2ClNO2. The highest BCUT2D eigenvalue weighted by atomic mass is 79.9. The minimum atomic E-state index is 0.0914. The van der Waals surface area contributed by atoms with Crippen LogP contribution >= 0.6 is 43.5 Å². The van der Waals surface area contributed by atoms with Crippen LogP contribution in [0.5, 0.6) is 11.5 Å². The average Bonchev–Trinajstić information content (AvgIpc) is 2.40. The van der Waals surface area contributed by atoms with Gasteiger partial charge in [-0.1, -0.05) is 11.6 Å². The maximum absolute atomic E-state index is 10.1. The van der Waals surface area contributed by atoms with Gasteiger partial charge in [-0.15, -0.1) is 0 Å². The van der Waals surface area contributed by atoms with Crippen molar-refractivity contribution in [2.75, 3.05) is 12.4 Å². The van der Waals surface area contributed by atoms with Gasteiger partial charge < -0.3 is 15.2 Å². The van der Waals surface area contributed by atoms with Gasteiger partial charge in [0.1, 0.15) is 0 Å². The number of halogens is 3. The highest BCUT2D eigenvalue weighted by molar-refractivity contribution is 9.11. The Kier molecular flexibility index (Phi) is 5.41. The maximum atomic E-state index is 10.1. The molecule has 0 aliphatic carbocycles. The van der Waals surface area contributed by atoms with Crippen molar-refractivity contribution in [1.82, 2.24) is 0 Å². The molecule has 0 radical (unpaired) electrons. The molecule has 2 aromatic carbocycles. The van der Waals surface area contributed by atoms with E-state index in [1.807, 2.05) is 19.1 Å². The molecule has 0 saturated carbocycles. The molecule has 0 saturated heterocycles. The zero-order chi connectivity index (χ0) is 15.6. The van der Waals surface area contributed by atoms with Crippen molar-refractivity contribution in [3.05, 3.63) is 49.4 Å². The second-order valence-corrected chi connectivity index (χ2v) is 6.72. The molecule has 0 aliphatic rings. The van der Waals surface area contributed by atoms with Gasteiger partial charge in [-0.3, -0.25) is 0 Å². The van der Waals surface area contributed by atoms with Gasteiger partial charge in [-0.05, 0) is 62.5 Å². The molecule has 0 amide bonds. The molecule has 2 aromatic rings. The van der Waals surface area contributed by atoms with E-state index >= 15 is 0 Å². The summed E-state index contributed by atoms with van der Waals surface area (Å²) in [7, 11) is 1.50. The molecule has 3 nitrogen and oxygen atoms in total. The zero-order valence-corrected chi connectivity index (χ0v) is 15.4. The third-order valence-corrected chi connectivity index (χ3v) is 4.45. The Morgan fingerprint density at radius 1 is 1.19 bits per heavy atom. The van der Waals surface area contributed by atoms with Gasteiger partial charge >= 0.3 is 0 Å². The van der Waals surface area contributed by atoms with Gasteiger partial charge in [0.05, 0.1) is 12.8 Å². The van der Waals surface area contributed by atoms with Crippen molar-refractivity contribution >= 4 is 49.1 Å². The first-order valence-electron chi connectivity index (χ1n) is 6.17. The normalized spacial score (nSPS) is 10.5. The summed E-state index contributed by atoms with van der Waals surface area (Å²) >= 11 is 13.1. The van der Waals surface area contributed by atoms with Crippen LogP contribution in [0.2, 0.25) is 5.02 Å². The molecule has 21 heavy (non-hydrogen) atoms. The third-order valence-electron chi connectivity index (χ3n) is 2.98. The molecule has 2 rings (SSSR count). The fourth-order valence-corrected chi connectivity index (χ4v) is 3.90. The molecule has 0 fully saturated rings. The van der Waals surface area contributed by atoms with Crippen molar-refractivity contribution in [2.24, 2.45) is 0 Å². The van der Waals surface area contributed by atoms with E-state index in [4.69, 9.17) is 16.3 Å². The zero-order valence-electron chi connectivity index (χ0n) is 11.5.